The highest BCUT2D eigenvalue weighted by Gasteiger charge is 2.37. The molecule has 1 aliphatic rings. The van der Waals surface area contributed by atoms with Crippen molar-refractivity contribution in [3.63, 3.8) is 0 Å². The molecule has 0 aromatic rings. The van der Waals surface area contributed by atoms with Crippen LogP contribution < -0.4 is 5.32 Å². The number of nitrogens with one attached hydrogen (secondary N) is 1. The molecule has 2 unspecified atom stereocenters. The maximum atomic E-state index is 11.7. The van der Waals surface area contributed by atoms with Crippen molar-refractivity contribution in [3.05, 3.63) is 0 Å². The number of hydrogen-bond donors (Lipinski definition) is 1. The number of amides is 1. The second-order valence-corrected chi connectivity index (χ2v) is 6.70. The lowest BCUT2D eigenvalue weighted by molar-refractivity contribution is -0.123. The van der Waals surface area contributed by atoms with Gasteiger partial charge in [-0.1, -0.05) is 0 Å². The highest BCUT2D eigenvalue weighted by Crippen LogP contribution is 2.17. The summed E-state index contributed by atoms with van der Waals surface area (Å²) < 4.78 is 50.4. The number of hydrogen-bond acceptors (Lipinski definition) is 4. The predicted molar refractivity (Wildman–Crippen MR) is 61.7 cm³/mol. The smallest absolute Gasteiger partial charge is 0.261 e. The lowest BCUT2D eigenvalue weighted by Crippen LogP contribution is -2.41. The molecule has 1 rings (SSSR count). The summed E-state index contributed by atoms with van der Waals surface area (Å²) in [5.74, 6) is -0.816. The minimum Gasteiger partial charge on any atom is -0.375 e. The molecule has 0 spiro atoms. The average Bonchev–Trinajstić information content (AvgIpc) is 2.46. The van der Waals surface area contributed by atoms with Gasteiger partial charge in [-0.15, -0.1) is 11.6 Å². The SMILES string of the molecule is O=C(CCOCC(F)F)NC1CS(=O)(=O)CC1Cl. The molecule has 0 aromatic heterocycles. The highest BCUT2D eigenvalue weighted by molar-refractivity contribution is 7.91. The molecule has 5 nitrogen and oxygen atoms in total. The Morgan fingerprint density at radius 1 is 1.44 bits per heavy atom. The van der Waals surface area contributed by atoms with E-state index in [2.05, 4.69) is 10.1 Å². The molecule has 9 heteroatoms. The van der Waals surface area contributed by atoms with Gasteiger partial charge < -0.3 is 10.1 Å². The lowest BCUT2D eigenvalue weighted by atomic mass is 10.2. The number of alkyl halides is 3. The van der Waals surface area contributed by atoms with Gasteiger partial charge in [0.15, 0.2) is 9.84 Å². The quantitative estimate of drug-likeness (QED) is 0.561. The lowest BCUT2D eigenvalue weighted by Gasteiger charge is -2.14. The van der Waals surface area contributed by atoms with Crippen molar-refractivity contribution in [2.24, 2.45) is 0 Å². The molecule has 0 bridgehead atoms. The summed E-state index contributed by atoms with van der Waals surface area (Å²) in [7, 11) is -3.20. The summed E-state index contributed by atoms with van der Waals surface area (Å²) in [4.78, 5) is 11.4. The molecule has 18 heavy (non-hydrogen) atoms. The molecule has 106 valence electrons. The van der Waals surface area contributed by atoms with Gasteiger partial charge in [0.05, 0.1) is 29.5 Å². The zero-order valence-corrected chi connectivity index (χ0v) is 11.0. The van der Waals surface area contributed by atoms with Crippen LogP contribution in [0.15, 0.2) is 0 Å². The Morgan fingerprint density at radius 2 is 2.11 bits per heavy atom. The summed E-state index contributed by atoms with van der Waals surface area (Å²) in [5, 5.41) is 1.80. The van der Waals surface area contributed by atoms with Crippen LogP contribution in [-0.4, -0.2) is 56.9 Å². The molecule has 0 aromatic carbocycles. The topological polar surface area (TPSA) is 72.5 Å². The monoisotopic (exact) mass is 305 g/mol. The summed E-state index contributed by atoms with van der Waals surface area (Å²) in [5.41, 5.74) is 0. The van der Waals surface area contributed by atoms with Gasteiger partial charge in [-0.05, 0) is 0 Å². The second-order valence-electron chi connectivity index (χ2n) is 3.98. The van der Waals surface area contributed by atoms with Crippen molar-refractivity contribution in [2.45, 2.75) is 24.3 Å². The van der Waals surface area contributed by atoms with E-state index >= 15 is 0 Å². The number of halogens is 3. The number of rotatable bonds is 6. The molecular weight excluding hydrogens is 292 g/mol. The zero-order valence-electron chi connectivity index (χ0n) is 9.44. The van der Waals surface area contributed by atoms with Crippen molar-refractivity contribution < 1.29 is 26.7 Å². The Hall–Kier alpha value is -0.470. The van der Waals surface area contributed by atoms with E-state index in [0.29, 0.717) is 0 Å². The summed E-state index contributed by atoms with van der Waals surface area (Å²) >= 11 is 5.79. The molecule has 1 aliphatic heterocycles. The third-order valence-corrected chi connectivity index (χ3v) is 4.72. The fraction of sp³-hybridized carbons (Fsp3) is 0.889. The van der Waals surface area contributed by atoms with Gasteiger partial charge in [0, 0.05) is 6.42 Å². The zero-order chi connectivity index (χ0) is 13.8. The van der Waals surface area contributed by atoms with Crippen LogP contribution in [0.1, 0.15) is 6.42 Å². The van der Waals surface area contributed by atoms with Crippen molar-refractivity contribution >= 4 is 27.3 Å². The van der Waals surface area contributed by atoms with Gasteiger partial charge in [0.25, 0.3) is 6.43 Å². The molecule has 1 amide bonds. The van der Waals surface area contributed by atoms with Gasteiger partial charge >= 0.3 is 0 Å². The Balaban J connectivity index is 2.24. The fourth-order valence-electron chi connectivity index (χ4n) is 1.55. The normalized spacial score (nSPS) is 26.4. The third-order valence-electron chi connectivity index (χ3n) is 2.35. The molecule has 1 fully saturated rings. The van der Waals surface area contributed by atoms with Crippen LogP contribution in [0.5, 0.6) is 0 Å². The van der Waals surface area contributed by atoms with E-state index in [-0.39, 0.29) is 24.5 Å². The minimum absolute atomic E-state index is 0.104. The van der Waals surface area contributed by atoms with Gasteiger partial charge in [0.1, 0.15) is 6.61 Å². The van der Waals surface area contributed by atoms with Crippen LogP contribution in [-0.2, 0) is 19.4 Å². The van der Waals surface area contributed by atoms with Gasteiger partial charge in [-0.25, -0.2) is 17.2 Å². The molecule has 0 aliphatic carbocycles. The largest absolute Gasteiger partial charge is 0.375 e. The minimum atomic E-state index is -3.20. The Kier molecular flexibility index (Phi) is 5.74. The van der Waals surface area contributed by atoms with Crippen LogP contribution in [0, 0.1) is 0 Å². The van der Waals surface area contributed by atoms with Gasteiger partial charge in [0.2, 0.25) is 5.91 Å². The molecule has 2 atom stereocenters. The molecule has 1 saturated heterocycles. The Labute approximate surface area is 109 Å². The van der Waals surface area contributed by atoms with Crippen molar-refractivity contribution in [2.75, 3.05) is 24.7 Å². The number of sulfone groups is 1. The number of carbonyl (C=O) groups is 1. The maximum Gasteiger partial charge on any atom is 0.261 e. The number of carbonyl (C=O) groups excluding carboxylic acids is 1. The number of ether oxygens (including phenoxy) is 1. The first-order chi connectivity index (χ1) is 8.30. The van der Waals surface area contributed by atoms with Crippen molar-refractivity contribution in [3.8, 4) is 0 Å². The third kappa shape index (κ3) is 5.45. The van der Waals surface area contributed by atoms with E-state index in [4.69, 9.17) is 11.6 Å². The van der Waals surface area contributed by atoms with E-state index < -0.39 is 40.2 Å². The summed E-state index contributed by atoms with van der Waals surface area (Å²) in [6.07, 6.45) is -2.67. The second kappa shape index (κ2) is 6.63. The predicted octanol–water partition coefficient (Wildman–Crippen LogP) is 0.179. The van der Waals surface area contributed by atoms with Crippen LogP contribution in [0.4, 0.5) is 8.78 Å². The summed E-state index contributed by atoms with van der Waals surface area (Å²) in [6.45, 7) is -0.855. The molecule has 1 heterocycles. The van der Waals surface area contributed by atoms with E-state index in [1.54, 1.807) is 0 Å². The van der Waals surface area contributed by atoms with Crippen molar-refractivity contribution in [1.82, 2.24) is 5.32 Å². The Bertz CT molecular complexity index is 390. The van der Waals surface area contributed by atoms with E-state index in [1.807, 2.05) is 0 Å². The first-order valence-corrected chi connectivity index (χ1v) is 7.55. The average molecular weight is 306 g/mol. The standard InChI is InChI=1S/C9H14ClF2NO4S/c10-6-4-18(15,16)5-7(6)13-9(14)1-2-17-3-8(11)12/h6-8H,1-5H2,(H,13,14). The van der Waals surface area contributed by atoms with Gasteiger partial charge in [-0.3, -0.25) is 4.79 Å². The maximum absolute atomic E-state index is 11.7. The van der Waals surface area contributed by atoms with E-state index in [9.17, 15) is 22.0 Å². The first-order valence-electron chi connectivity index (χ1n) is 5.30. The molecule has 0 saturated carbocycles. The fourth-order valence-corrected chi connectivity index (χ4v) is 4.10. The van der Waals surface area contributed by atoms with Crippen LogP contribution >= 0.6 is 11.6 Å². The van der Waals surface area contributed by atoms with Gasteiger partial charge in [-0.2, -0.15) is 0 Å². The van der Waals surface area contributed by atoms with E-state index in [1.165, 1.54) is 0 Å². The van der Waals surface area contributed by atoms with Crippen molar-refractivity contribution in [1.29, 1.82) is 0 Å². The van der Waals surface area contributed by atoms with Crippen LogP contribution in [0.3, 0.4) is 0 Å². The highest BCUT2D eigenvalue weighted by atomic mass is 35.5. The molecule has 0 radical (unpaired) electrons. The van der Waals surface area contributed by atoms with Crippen LogP contribution in [0.25, 0.3) is 0 Å². The van der Waals surface area contributed by atoms with Crippen LogP contribution in [0.2, 0.25) is 0 Å². The first kappa shape index (κ1) is 15.6. The summed E-state index contributed by atoms with van der Waals surface area (Å²) in [6, 6.07) is -0.626. The Morgan fingerprint density at radius 3 is 2.61 bits per heavy atom. The molecular formula is C9H14ClF2NO4S. The molecule has 1 N–H and O–H groups in total. The van der Waals surface area contributed by atoms with E-state index in [0.717, 1.165) is 0 Å².